The summed E-state index contributed by atoms with van der Waals surface area (Å²) in [5.74, 6) is -1.12. The van der Waals surface area contributed by atoms with Gasteiger partial charge in [-0.2, -0.15) is 0 Å². The smallest absolute Gasteiger partial charge is 0.335 e. The van der Waals surface area contributed by atoms with Gasteiger partial charge in [0.05, 0.1) is 12.0 Å². The van der Waals surface area contributed by atoms with Crippen molar-refractivity contribution in [2.45, 2.75) is 32.2 Å². The number of aromatic carboxylic acids is 1. The molecule has 0 atom stereocenters. The lowest BCUT2D eigenvalue weighted by Gasteiger charge is -2.32. The number of piperidine rings is 1. The van der Waals surface area contributed by atoms with E-state index >= 15 is 0 Å². The summed E-state index contributed by atoms with van der Waals surface area (Å²) in [5, 5.41) is 12.0. The minimum atomic E-state index is -1.01. The Morgan fingerprint density at radius 3 is 2.36 bits per heavy atom. The van der Waals surface area contributed by atoms with Gasteiger partial charge < -0.3 is 15.3 Å². The van der Waals surface area contributed by atoms with Gasteiger partial charge in [-0.25, -0.2) is 4.79 Å². The molecule has 0 aliphatic carbocycles. The fraction of sp³-hybridized carbons (Fsp3) is 0.318. The van der Waals surface area contributed by atoms with Crippen molar-refractivity contribution in [3.8, 4) is 0 Å². The van der Waals surface area contributed by atoms with Crippen LogP contribution in [0.5, 0.6) is 0 Å². The Bertz CT molecular complexity index is 868. The molecule has 6 heteroatoms. The van der Waals surface area contributed by atoms with Crippen LogP contribution in [-0.2, 0) is 11.2 Å². The van der Waals surface area contributed by atoms with Gasteiger partial charge in [-0.05, 0) is 49.6 Å². The van der Waals surface area contributed by atoms with Crippen molar-refractivity contribution >= 4 is 17.8 Å². The topological polar surface area (TPSA) is 86.7 Å². The molecule has 2 amide bonds. The van der Waals surface area contributed by atoms with Gasteiger partial charge in [0.2, 0.25) is 5.91 Å². The SMILES string of the molecule is Cc1ccc(C(=O)N2CCC(NC(=O)Cc3cccc(C(=O)O)c3)CC2)cc1. The summed E-state index contributed by atoms with van der Waals surface area (Å²) in [7, 11) is 0. The van der Waals surface area contributed by atoms with Gasteiger partial charge in [0.25, 0.3) is 5.91 Å². The van der Waals surface area contributed by atoms with Crippen molar-refractivity contribution in [3.05, 3.63) is 70.8 Å². The average Bonchev–Trinajstić information content (AvgIpc) is 2.68. The summed E-state index contributed by atoms with van der Waals surface area (Å²) >= 11 is 0. The first-order valence-corrected chi connectivity index (χ1v) is 9.40. The van der Waals surface area contributed by atoms with E-state index in [1.807, 2.05) is 36.1 Å². The van der Waals surface area contributed by atoms with Crippen molar-refractivity contribution in [1.82, 2.24) is 10.2 Å². The van der Waals surface area contributed by atoms with Crippen LogP contribution in [0, 0.1) is 6.92 Å². The lowest BCUT2D eigenvalue weighted by Crippen LogP contribution is -2.46. The number of carbonyl (C=O) groups excluding carboxylic acids is 2. The summed E-state index contributed by atoms with van der Waals surface area (Å²) in [6.07, 6.45) is 1.56. The summed E-state index contributed by atoms with van der Waals surface area (Å²) < 4.78 is 0. The van der Waals surface area contributed by atoms with E-state index < -0.39 is 5.97 Å². The Kier molecular flexibility index (Phi) is 6.09. The monoisotopic (exact) mass is 380 g/mol. The number of carbonyl (C=O) groups is 3. The van der Waals surface area contributed by atoms with Gasteiger partial charge in [0.15, 0.2) is 0 Å². The normalized spacial score (nSPS) is 14.5. The highest BCUT2D eigenvalue weighted by atomic mass is 16.4. The maximum absolute atomic E-state index is 12.6. The Balaban J connectivity index is 1.49. The van der Waals surface area contributed by atoms with Crippen molar-refractivity contribution in [3.63, 3.8) is 0 Å². The van der Waals surface area contributed by atoms with E-state index in [1.165, 1.54) is 12.1 Å². The number of likely N-dealkylation sites (tertiary alicyclic amines) is 1. The van der Waals surface area contributed by atoms with Gasteiger partial charge in [0.1, 0.15) is 0 Å². The number of aryl methyl sites for hydroxylation is 1. The van der Waals surface area contributed by atoms with Crippen molar-refractivity contribution in [2.24, 2.45) is 0 Å². The first-order chi connectivity index (χ1) is 13.4. The Labute approximate surface area is 164 Å². The Hall–Kier alpha value is -3.15. The molecule has 0 radical (unpaired) electrons. The van der Waals surface area contributed by atoms with E-state index in [9.17, 15) is 14.4 Å². The molecule has 146 valence electrons. The van der Waals surface area contributed by atoms with Crippen molar-refractivity contribution < 1.29 is 19.5 Å². The van der Waals surface area contributed by atoms with Crippen molar-refractivity contribution in [1.29, 1.82) is 0 Å². The fourth-order valence-corrected chi connectivity index (χ4v) is 3.38. The summed E-state index contributed by atoms with van der Waals surface area (Å²) in [6, 6.07) is 14.0. The number of rotatable bonds is 5. The number of carboxylic acids is 1. The third-order valence-electron chi connectivity index (χ3n) is 4.98. The van der Waals surface area contributed by atoms with E-state index in [4.69, 9.17) is 5.11 Å². The molecule has 3 rings (SSSR count). The third-order valence-corrected chi connectivity index (χ3v) is 4.98. The van der Waals surface area contributed by atoms with E-state index in [0.29, 0.717) is 37.1 Å². The molecule has 1 aliphatic heterocycles. The number of nitrogens with zero attached hydrogens (tertiary/aromatic N) is 1. The number of hydrogen-bond donors (Lipinski definition) is 2. The third kappa shape index (κ3) is 4.97. The maximum Gasteiger partial charge on any atom is 0.335 e. The van der Waals surface area contributed by atoms with Crippen LogP contribution in [0.3, 0.4) is 0 Å². The second kappa shape index (κ2) is 8.69. The summed E-state index contributed by atoms with van der Waals surface area (Å²) in [5.41, 5.74) is 2.65. The molecule has 2 aromatic carbocycles. The van der Waals surface area contributed by atoms with Crippen LogP contribution in [0.4, 0.5) is 0 Å². The lowest BCUT2D eigenvalue weighted by atomic mass is 10.0. The van der Waals surface area contributed by atoms with Crippen LogP contribution in [0.25, 0.3) is 0 Å². The molecule has 2 N–H and O–H groups in total. The molecule has 0 unspecified atom stereocenters. The second-order valence-electron chi connectivity index (χ2n) is 7.18. The second-order valence-corrected chi connectivity index (χ2v) is 7.18. The zero-order chi connectivity index (χ0) is 20.1. The average molecular weight is 380 g/mol. The predicted octanol–water partition coefficient (Wildman–Crippen LogP) is 2.66. The minimum absolute atomic E-state index is 0.0234. The summed E-state index contributed by atoms with van der Waals surface area (Å²) in [4.78, 5) is 37.7. The largest absolute Gasteiger partial charge is 0.478 e. The predicted molar refractivity (Wildman–Crippen MR) is 105 cm³/mol. The lowest BCUT2D eigenvalue weighted by molar-refractivity contribution is -0.121. The molecule has 1 fully saturated rings. The highest BCUT2D eigenvalue weighted by Gasteiger charge is 2.24. The van der Waals surface area contributed by atoms with E-state index in [0.717, 1.165) is 5.56 Å². The van der Waals surface area contributed by atoms with Gasteiger partial charge in [-0.1, -0.05) is 29.8 Å². The number of benzene rings is 2. The standard InChI is InChI=1S/C22H24N2O4/c1-15-5-7-17(8-6-15)21(26)24-11-9-19(10-12-24)23-20(25)14-16-3-2-4-18(13-16)22(27)28/h2-8,13,19H,9-12,14H2,1H3,(H,23,25)(H,27,28). The zero-order valence-corrected chi connectivity index (χ0v) is 15.9. The van der Waals surface area contributed by atoms with Crippen molar-refractivity contribution in [2.75, 3.05) is 13.1 Å². The summed E-state index contributed by atoms with van der Waals surface area (Å²) in [6.45, 7) is 3.19. The zero-order valence-electron chi connectivity index (χ0n) is 15.9. The first kappa shape index (κ1) is 19.6. The van der Waals surface area contributed by atoms with Gasteiger partial charge >= 0.3 is 5.97 Å². The van der Waals surface area contributed by atoms with E-state index in [1.54, 1.807) is 12.1 Å². The Morgan fingerprint density at radius 1 is 1.04 bits per heavy atom. The molecule has 0 aromatic heterocycles. The number of nitrogens with one attached hydrogen (secondary N) is 1. The quantitative estimate of drug-likeness (QED) is 0.835. The molecule has 28 heavy (non-hydrogen) atoms. The van der Waals surface area contributed by atoms with E-state index in [-0.39, 0.29) is 29.8 Å². The highest BCUT2D eigenvalue weighted by Crippen LogP contribution is 2.15. The number of carboxylic acid groups (broad SMARTS) is 1. The molecular weight excluding hydrogens is 356 g/mol. The van der Waals surface area contributed by atoms with Crippen LogP contribution in [-0.4, -0.2) is 46.9 Å². The van der Waals surface area contributed by atoms with Gasteiger partial charge in [-0.3, -0.25) is 9.59 Å². The van der Waals surface area contributed by atoms with Crippen LogP contribution in [0.2, 0.25) is 0 Å². The van der Waals surface area contributed by atoms with Crippen LogP contribution >= 0.6 is 0 Å². The maximum atomic E-state index is 12.6. The molecular formula is C22H24N2O4. The van der Waals surface area contributed by atoms with E-state index in [2.05, 4.69) is 5.32 Å². The number of amides is 2. The number of hydrogen-bond acceptors (Lipinski definition) is 3. The molecule has 2 aromatic rings. The van der Waals surface area contributed by atoms with Crippen LogP contribution in [0.1, 0.15) is 44.7 Å². The fourth-order valence-electron chi connectivity index (χ4n) is 3.38. The van der Waals surface area contributed by atoms with Crippen LogP contribution < -0.4 is 5.32 Å². The van der Waals surface area contributed by atoms with Gasteiger partial charge in [-0.15, -0.1) is 0 Å². The first-order valence-electron chi connectivity index (χ1n) is 9.40. The Morgan fingerprint density at radius 2 is 1.71 bits per heavy atom. The minimum Gasteiger partial charge on any atom is -0.478 e. The molecule has 0 bridgehead atoms. The van der Waals surface area contributed by atoms with Gasteiger partial charge in [0, 0.05) is 24.7 Å². The molecule has 1 saturated heterocycles. The molecule has 1 aliphatic rings. The molecule has 1 heterocycles. The van der Waals surface area contributed by atoms with Crippen LogP contribution in [0.15, 0.2) is 48.5 Å². The highest BCUT2D eigenvalue weighted by molar-refractivity contribution is 5.94. The molecule has 6 nitrogen and oxygen atoms in total. The molecule has 0 spiro atoms. The molecule has 0 saturated carbocycles.